The first kappa shape index (κ1) is 21.4. The van der Waals surface area contributed by atoms with Crippen LogP contribution in [-0.4, -0.2) is 41.0 Å². The Hall–Kier alpha value is -3.41. The van der Waals surface area contributed by atoms with Crippen molar-refractivity contribution >= 4 is 10.9 Å². The first-order valence-electron chi connectivity index (χ1n) is 11.5. The topological polar surface area (TPSA) is 48.6 Å². The maximum absolute atomic E-state index is 13.4. The van der Waals surface area contributed by atoms with E-state index in [9.17, 15) is 4.79 Å². The van der Waals surface area contributed by atoms with E-state index >= 15 is 0 Å². The monoisotopic (exact) mass is 439 g/mol. The second kappa shape index (κ2) is 9.61. The molecule has 1 aromatic heterocycles. The number of para-hydroxylation sites is 1. The third-order valence-corrected chi connectivity index (χ3v) is 6.36. The van der Waals surface area contributed by atoms with E-state index < -0.39 is 0 Å². The highest BCUT2D eigenvalue weighted by Crippen LogP contribution is 2.24. The molecule has 1 aliphatic rings. The lowest BCUT2D eigenvalue weighted by molar-refractivity contribution is 0.121. The van der Waals surface area contributed by atoms with Crippen LogP contribution in [0.25, 0.3) is 10.9 Å². The number of rotatable bonds is 6. The molecular formula is C28H29N3O2. The Morgan fingerprint density at radius 2 is 1.42 bits per heavy atom. The standard InChI is InChI=1S/C28H29N3O2/c1-21-26(20-31-16-14-30(15-17-31)19-22-8-4-2-5-9-22)28(32)25-18-24(12-13-27(25)29-21)33-23-10-6-3-7-11-23/h2-13,18H,14-17,19-20H2,1H3,(H,29,32). The van der Waals surface area contributed by atoms with Gasteiger partial charge in [0.05, 0.1) is 0 Å². The molecule has 1 fully saturated rings. The van der Waals surface area contributed by atoms with Crippen molar-refractivity contribution in [1.82, 2.24) is 14.8 Å². The zero-order valence-electron chi connectivity index (χ0n) is 19.0. The number of pyridine rings is 1. The van der Waals surface area contributed by atoms with Crippen LogP contribution in [0, 0.1) is 6.92 Å². The molecule has 5 heteroatoms. The van der Waals surface area contributed by atoms with E-state index in [2.05, 4.69) is 45.1 Å². The summed E-state index contributed by atoms with van der Waals surface area (Å²) in [5, 5.41) is 0.673. The second-order valence-electron chi connectivity index (χ2n) is 8.72. The van der Waals surface area contributed by atoms with Gasteiger partial charge in [0.15, 0.2) is 5.43 Å². The third kappa shape index (κ3) is 5.00. The van der Waals surface area contributed by atoms with E-state index in [1.165, 1.54) is 5.56 Å². The van der Waals surface area contributed by atoms with Crippen molar-refractivity contribution < 1.29 is 4.74 Å². The minimum absolute atomic E-state index is 0.0893. The normalized spacial score (nSPS) is 15.1. The number of ether oxygens (including phenoxy) is 1. The van der Waals surface area contributed by atoms with Crippen molar-refractivity contribution in [3.8, 4) is 11.5 Å². The molecule has 5 rings (SSSR count). The Morgan fingerprint density at radius 3 is 2.12 bits per heavy atom. The van der Waals surface area contributed by atoms with Gasteiger partial charge in [-0.1, -0.05) is 48.5 Å². The summed E-state index contributed by atoms with van der Waals surface area (Å²) in [5.74, 6) is 1.43. The van der Waals surface area contributed by atoms with Crippen LogP contribution in [-0.2, 0) is 13.1 Å². The first-order valence-corrected chi connectivity index (χ1v) is 11.5. The predicted molar refractivity (Wildman–Crippen MR) is 133 cm³/mol. The molecule has 0 amide bonds. The molecule has 0 unspecified atom stereocenters. The summed E-state index contributed by atoms with van der Waals surface area (Å²) in [4.78, 5) is 21.7. The van der Waals surface area contributed by atoms with Crippen molar-refractivity contribution in [2.75, 3.05) is 26.2 Å². The Kier molecular flexibility index (Phi) is 6.24. The molecule has 0 spiro atoms. The van der Waals surface area contributed by atoms with E-state index in [1.54, 1.807) is 0 Å². The van der Waals surface area contributed by atoms with Crippen LogP contribution in [0.3, 0.4) is 0 Å². The summed E-state index contributed by atoms with van der Waals surface area (Å²) in [5.41, 5.74) is 4.06. The molecule has 0 radical (unpaired) electrons. The zero-order chi connectivity index (χ0) is 22.6. The molecule has 1 N–H and O–H groups in total. The number of nitrogens with one attached hydrogen (secondary N) is 1. The summed E-state index contributed by atoms with van der Waals surface area (Å²) < 4.78 is 5.95. The van der Waals surface area contributed by atoms with Gasteiger partial charge in [-0.25, -0.2) is 0 Å². The van der Waals surface area contributed by atoms with Gasteiger partial charge in [-0.3, -0.25) is 14.6 Å². The van der Waals surface area contributed by atoms with Crippen molar-refractivity contribution in [2.45, 2.75) is 20.0 Å². The van der Waals surface area contributed by atoms with Gasteiger partial charge in [0.1, 0.15) is 11.5 Å². The Labute approximate surface area is 194 Å². The van der Waals surface area contributed by atoms with E-state index in [-0.39, 0.29) is 5.43 Å². The smallest absolute Gasteiger partial charge is 0.194 e. The summed E-state index contributed by atoms with van der Waals surface area (Å²) in [6.07, 6.45) is 0. The molecular weight excluding hydrogens is 410 g/mol. The molecule has 0 aliphatic carbocycles. The van der Waals surface area contributed by atoms with Gasteiger partial charge in [-0.2, -0.15) is 0 Å². The van der Waals surface area contributed by atoms with E-state index in [4.69, 9.17) is 4.74 Å². The van der Waals surface area contributed by atoms with Crippen molar-refractivity contribution in [2.24, 2.45) is 0 Å². The van der Waals surface area contributed by atoms with E-state index in [1.807, 2.05) is 55.5 Å². The highest BCUT2D eigenvalue weighted by molar-refractivity contribution is 5.81. The number of nitrogens with zero attached hydrogens (tertiary/aromatic N) is 2. The lowest BCUT2D eigenvalue weighted by Gasteiger charge is -2.34. The molecule has 33 heavy (non-hydrogen) atoms. The summed E-state index contributed by atoms with van der Waals surface area (Å²) in [6, 6.07) is 25.9. The summed E-state index contributed by atoms with van der Waals surface area (Å²) in [6.45, 7) is 7.58. The van der Waals surface area contributed by atoms with Gasteiger partial charge in [-0.15, -0.1) is 0 Å². The molecule has 0 saturated carbocycles. The number of aryl methyl sites for hydroxylation is 1. The van der Waals surface area contributed by atoms with Gasteiger partial charge in [0, 0.05) is 61.4 Å². The van der Waals surface area contributed by atoms with Crippen LogP contribution in [0.2, 0.25) is 0 Å². The lowest BCUT2D eigenvalue weighted by atomic mass is 10.1. The lowest BCUT2D eigenvalue weighted by Crippen LogP contribution is -2.46. The van der Waals surface area contributed by atoms with Gasteiger partial charge < -0.3 is 9.72 Å². The van der Waals surface area contributed by atoms with Crippen LogP contribution in [0.15, 0.2) is 83.7 Å². The van der Waals surface area contributed by atoms with Gasteiger partial charge in [0.2, 0.25) is 0 Å². The Morgan fingerprint density at radius 1 is 0.788 bits per heavy atom. The second-order valence-corrected chi connectivity index (χ2v) is 8.72. The number of hydrogen-bond donors (Lipinski definition) is 1. The Balaban J connectivity index is 1.30. The molecule has 0 bridgehead atoms. The zero-order valence-corrected chi connectivity index (χ0v) is 19.0. The Bertz CT molecular complexity index is 1280. The number of aromatic amines is 1. The van der Waals surface area contributed by atoms with Crippen molar-refractivity contribution in [3.05, 3.63) is 106 Å². The highest BCUT2D eigenvalue weighted by atomic mass is 16.5. The number of hydrogen-bond acceptors (Lipinski definition) is 4. The highest BCUT2D eigenvalue weighted by Gasteiger charge is 2.20. The fraction of sp³-hybridized carbons (Fsp3) is 0.250. The number of aromatic nitrogens is 1. The fourth-order valence-corrected chi connectivity index (χ4v) is 4.48. The van der Waals surface area contributed by atoms with Gasteiger partial charge >= 0.3 is 0 Å². The van der Waals surface area contributed by atoms with Gasteiger partial charge in [-0.05, 0) is 42.8 Å². The van der Waals surface area contributed by atoms with Crippen molar-refractivity contribution in [3.63, 3.8) is 0 Å². The molecule has 5 nitrogen and oxygen atoms in total. The average Bonchev–Trinajstić information content (AvgIpc) is 2.85. The molecule has 0 atom stereocenters. The molecule has 3 aromatic carbocycles. The van der Waals surface area contributed by atoms with Gasteiger partial charge in [0.25, 0.3) is 0 Å². The predicted octanol–water partition coefficient (Wildman–Crippen LogP) is 4.95. The van der Waals surface area contributed by atoms with Crippen molar-refractivity contribution in [1.29, 1.82) is 0 Å². The summed E-state index contributed by atoms with van der Waals surface area (Å²) >= 11 is 0. The van der Waals surface area contributed by atoms with Crippen LogP contribution in [0.5, 0.6) is 11.5 Å². The number of H-pyrrole nitrogens is 1. The van der Waals surface area contributed by atoms with Crippen LogP contribution >= 0.6 is 0 Å². The van der Waals surface area contributed by atoms with E-state index in [0.717, 1.165) is 55.2 Å². The molecule has 4 aromatic rings. The molecule has 168 valence electrons. The van der Waals surface area contributed by atoms with Crippen LogP contribution < -0.4 is 10.2 Å². The minimum atomic E-state index is 0.0893. The largest absolute Gasteiger partial charge is 0.457 e. The maximum Gasteiger partial charge on any atom is 0.194 e. The SMILES string of the molecule is Cc1[nH]c2ccc(Oc3ccccc3)cc2c(=O)c1CN1CCN(Cc2ccccc2)CC1. The number of fused-ring (bicyclic) bond motifs is 1. The average molecular weight is 440 g/mol. The third-order valence-electron chi connectivity index (χ3n) is 6.36. The fourth-order valence-electron chi connectivity index (χ4n) is 4.48. The van der Waals surface area contributed by atoms with Crippen LogP contribution in [0.1, 0.15) is 16.8 Å². The number of benzene rings is 3. The maximum atomic E-state index is 13.4. The number of piperazine rings is 1. The summed E-state index contributed by atoms with van der Waals surface area (Å²) in [7, 11) is 0. The van der Waals surface area contributed by atoms with E-state index in [0.29, 0.717) is 17.7 Å². The molecule has 1 aliphatic heterocycles. The first-order chi connectivity index (χ1) is 16.2. The molecule has 1 saturated heterocycles. The molecule has 2 heterocycles. The van der Waals surface area contributed by atoms with Crippen LogP contribution in [0.4, 0.5) is 0 Å². The quantitative estimate of drug-likeness (QED) is 0.462. The minimum Gasteiger partial charge on any atom is -0.457 e.